The van der Waals surface area contributed by atoms with Crippen molar-refractivity contribution in [2.75, 3.05) is 27.3 Å². The molecule has 2 aromatic rings. The van der Waals surface area contributed by atoms with Crippen LogP contribution in [0.4, 0.5) is 0 Å². The molecule has 4 nitrogen and oxygen atoms in total. The molecule has 1 N–H and O–H groups in total. The zero-order valence-electron chi connectivity index (χ0n) is 16.3. The number of aliphatic hydroxyl groups is 1. The third-order valence-corrected chi connectivity index (χ3v) is 4.26. The van der Waals surface area contributed by atoms with Gasteiger partial charge in [-0.2, -0.15) is 0 Å². The van der Waals surface area contributed by atoms with Gasteiger partial charge >= 0.3 is 0 Å². The number of benzene rings is 2. The second-order valence-electron chi connectivity index (χ2n) is 7.12. The molecule has 2 rings (SSSR count). The Morgan fingerprint density at radius 2 is 1.58 bits per heavy atom. The van der Waals surface area contributed by atoms with Crippen LogP contribution in [-0.2, 0) is 13.0 Å². The lowest BCUT2D eigenvalue weighted by atomic mass is 10.1. The fraction of sp³-hybridized carbons (Fsp3) is 0.455. The highest BCUT2D eigenvalue weighted by Crippen LogP contribution is 2.28. The van der Waals surface area contributed by atoms with E-state index in [9.17, 15) is 5.11 Å². The molecule has 142 valence electrons. The number of hydrogen-bond donors (Lipinski definition) is 1. The van der Waals surface area contributed by atoms with E-state index in [0.717, 1.165) is 35.7 Å². The molecule has 0 aliphatic heterocycles. The van der Waals surface area contributed by atoms with E-state index in [4.69, 9.17) is 9.47 Å². The molecule has 2 aromatic carbocycles. The Morgan fingerprint density at radius 3 is 2.19 bits per heavy atom. The maximum Gasteiger partial charge on any atom is 0.161 e. The molecule has 4 heteroatoms. The summed E-state index contributed by atoms with van der Waals surface area (Å²) >= 11 is 0. The minimum Gasteiger partial charge on any atom is -0.493 e. The normalized spacial score (nSPS) is 12.4. The van der Waals surface area contributed by atoms with Crippen LogP contribution in [0.2, 0.25) is 0 Å². The van der Waals surface area contributed by atoms with Crippen molar-refractivity contribution in [1.82, 2.24) is 4.90 Å². The second-order valence-corrected chi connectivity index (χ2v) is 7.12. The molecule has 1 atom stereocenters. The molecule has 0 aliphatic carbocycles. The van der Waals surface area contributed by atoms with Crippen LogP contribution in [0.15, 0.2) is 48.5 Å². The van der Waals surface area contributed by atoms with Crippen LogP contribution >= 0.6 is 0 Å². The lowest BCUT2D eigenvalue weighted by Crippen LogP contribution is -2.35. The number of ether oxygens (including phenoxy) is 2. The van der Waals surface area contributed by atoms with Crippen molar-refractivity contribution in [2.45, 2.75) is 32.9 Å². The maximum atomic E-state index is 10.6. The van der Waals surface area contributed by atoms with E-state index in [-0.39, 0.29) is 0 Å². The molecule has 0 radical (unpaired) electrons. The Morgan fingerprint density at radius 1 is 0.885 bits per heavy atom. The highest BCUT2D eigenvalue weighted by molar-refractivity contribution is 5.42. The average molecular weight is 357 g/mol. The first-order valence-electron chi connectivity index (χ1n) is 9.17. The zero-order valence-corrected chi connectivity index (χ0v) is 16.3. The van der Waals surface area contributed by atoms with Gasteiger partial charge in [-0.25, -0.2) is 0 Å². The summed E-state index contributed by atoms with van der Waals surface area (Å²) < 4.78 is 10.7. The predicted molar refractivity (Wildman–Crippen MR) is 106 cm³/mol. The lowest BCUT2D eigenvalue weighted by molar-refractivity contribution is 0.101. The molecule has 0 saturated heterocycles. The molecule has 0 bridgehead atoms. The van der Waals surface area contributed by atoms with Crippen LogP contribution in [0.5, 0.6) is 11.5 Å². The second kappa shape index (κ2) is 10.2. The standard InChI is InChI=1S/C22H31NO3/c1-17(2)14-23(16-20(24)12-18-8-6-5-7-9-18)15-19-10-11-21(25-3)22(13-19)26-4/h5-11,13,17,20,24H,12,14-16H2,1-4H3/t20-/m1/s1. The fourth-order valence-corrected chi connectivity index (χ4v) is 3.21. The van der Waals surface area contributed by atoms with Gasteiger partial charge in [0.05, 0.1) is 20.3 Å². The summed E-state index contributed by atoms with van der Waals surface area (Å²) in [6, 6.07) is 16.1. The van der Waals surface area contributed by atoms with E-state index in [1.54, 1.807) is 14.2 Å². The summed E-state index contributed by atoms with van der Waals surface area (Å²) in [7, 11) is 3.29. The molecule has 0 aliphatic rings. The van der Waals surface area contributed by atoms with Gasteiger partial charge in [0.1, 0.15) is 0 Å². The van der Waals surface area contributed by atoms with Gasteiger partial charge in [0, 0.05) is 19.6 Å². The van der Waals surface area contributed by atoms with Crippen molar-refractivity contribution in [3.63, 3.8) is 0 Å². The summed E-state index contributed by atoms with van der Waals surface area (Å²) in [5.74, 6) is 1.99. The van der Waals surface area contributed by atoms with Crippen molar-refractivity contribution < 1.29 is 14.6 Å². The largest absolute Gasteiger partial charge is 0.493 e. The van der Waals surface area contributed by atoms with Crippen molar-refractivity contribution >= 4 is 0 Å². The van der Waals surface area contributed by atoms with Crippen molar-refractivity contribution in [2.24, 2.45) is 5.92 Å². The van der Waals surface area contributed by atoms with E-state index in [0.29, 0.717) is 18.9 Å². The smallest absolute Gasteiger partial charge is 0.161 e. The zero-order chi connectivity index (χ0) is 18.9. The third-order valence-electron chi connectivity index (χ3n) is 4.26. The van der Waals surface area contributed by atoms with Crippen LogP contribution in [-0.4, -0.2) is 43.4 Å². The molecule has 26 heavy (non-hydrogen) atoms. The molecule has 0 heterocycles. The average Bonchev–Trinajstić information content (AvgIpc) is 2.61. The van der Waals surface area contributed by atoms with Crippen molar-refractivity contribution in [3.05, 3.63) is 59.7 Å². The Labute approximate surface area is 157 Å². The summed E-state index contributed by atoms with van der Waals surface area (Å²) in [5.41, 5.74) is 2.31. The van der Waals surface area contributed by atoms with Gasteiger partial charge in [0.25, 0.3) is 0 Å². The summed E-state index contributed by atoms with van der Waals surface area (Å²) in [4.78, 5) is 2.31. The van der Waals surface area contributed by atoms with Crippen LogP contribution in [0.1, 0.15) is 25.0 Å². The monoisotopic (exact) mass is 357 g/mol. The molecule has 0 spiro atoms. The predicted octanol–water partition coefficient (Wildman–Crippen LogP) is 3.77. The number of nitrogens with zero attached hydrogens (tertiary/aromatic N) is 1. The first-order chi connectivity index (χ1) is 12.5. The van der Waals surface area contributed by atoms with Gasteiger partial charge in [-0.3, -0.25) is 4.90 Å². The number of aliphatic hydroxyl groups excluding tert-OH is 1. The van der Waals surface area contributed by atoms with Crippen LogP contribution in [0, 0.1) is 5.92 Å². The van der Waals surface area contributed by atoms with Crippen LogP contribution in [0.25, 0.3) is 0 Å². The topological polar surface area (TPSA) is 41.9 Å². The Kier molecular flexibility index (Phi) is 7.95. The molecular weight excluding hydrogens is 326 g/mol. The van der Waals surface area contributed by atoms with E-state index in [2.05, 4.69) is 36.9 Å². The lowest BCUT2D eigenvalue weighted by Gasteiger charge is -2.27. The van der Waals surface area contributed by atoms with Crippen molar-refractivity contribution in [3.8, 4) is 11.5 Å². The first kappa shape index (κ1) is 20.3. The SMILES string of the molecule is COc1ccc(CN(CC(C)C)C[C@H](O)Cc2ccccc2)cc1OC. The Bertz CT molecular complexity index is 658. The minimum absolute atomic E-state index is 0.392. The quantitative estimate of drug-likeness (QED) is 0.703. The molecular formula is C22H31NO3. The molecule has 0 fully saturated rings. The van der Waals surface area contributed by atoms with Crippen LogP contribution < -0.4 is 9.47 Å². The number of methoxy groups -OCH3 is 2. The van der Waals surface area contributed by atoms with Gasteiger partial charge in [0.15, 0.2) is 11.5 Å². The molecule has 0 unspecified atom stereocenters. The first-order valence-corrected chi connectivity index (χ1v) is 9.17. The third kappa shape index (κ3) is 6.36. The van der Waals surface area contributed by atoms with Crippen LogP contribution in [0.3, 0.4) is 0 Å². The highest BCUT2D eigenvalue weighted by atomic mass is 16.5. The van der Waals surface area contributed by atoms with Gasteiger partial charge in [0.2, 0.25) is 0 Å². The van der Waals surface area contributed by atoms with E-state index in [1.165, 1.54) is 0 Å². The Hall–Kier alpha value is -2.04. The summed E-state index contributed by atoms with van der Waals surface area (Å²) in [5, 5.41) is 10.6. The van der Waals surface area contributed by atoms with Gasteiger partial charge < -0.3 is 14.6 Å². The molecule has 0 amide bonds. The van der Waals surface area contributed by atoms with Crippen molar-refractivity contribution in [1.29, 1.82) is 0 Å². The minimum atomic E-state index is -0.392. The van der Waals surface area contributed by atoms with E-state index >= 15 is 0 Å². The van der Waals surface area contributed by atoms with Gasteiger partial charge in [-0.15, -0.1) is 0 Å². The summed E-state index contributed by atoms with van der Waals surface area (Å²) in [6.45, 7) is 6.74. The van der Waals surface area contributed by atoms with E-state index in [1.807, 2.05) is 30.3 Å². The van der Waals surface area contributed by atoms with Gasteiger partial charge in [-0.05, 0) is 35.6 Å². The fourth-order valence-electron chi connectivity index (χ4n) is 3.21. The molecule has 0 aromatic heterocycles. The summed E-state index contributed by atoms with van der Waals surface area (Å²) in [6.07, 6.45) is 0.276. The Balaban J connectivity index is 2.04. The number of rotatable bonds is 10. The number of hydrogen-bond acceptors (Lipinski definition) is 4. The van der Waals surface area contributed by atoms with E-state index < -0.39 is 6.10 Å². The maximum absolute atomic E-state index is 10.6. The highest BCUT2D eigenvalue weighted by Gasteiger charge is 2.15. The molecule has 0 saturated carbocycles. The van der Waals surface area contributed by atoms with Gasteiger partial charge in [-0.1, -0.05) is 50.2 Å².